The second-order valence-electron chi connectivity index (χ2n) is 4.83. The minimum Gasteiger partial charge on any atom is -0.507 e. The molecule has 0 saturated heterocycles. The molecule has 2 rings (SSSR count). The number of carbonyl (C=O) groups excluding carboxylic acids is 1. The molecule has 0 aliphatic rings. The number of benzene rings is 2. The van der Waals surface area contributed by atoms with E-state index in [4.69, 9.17) is 11.2 Å². The Bertz CT molecular complexity index is 921. The number of non-ortho nitro benzene ring substituents is 1. The van der Waals surface area contributed by atoms with Gasteiger partial charge in [0.15, 0.2) is 0 Å². The Balaban J connectivity index is 2.21. The predicted molar refractivity (Wildman–Crippen MR) is 98.3 cm³/mol. The Morgan fingerprint density at radius 3 is 2.88 bits per heavy atom. The lowest BCUT2D eigenvalue weighted by Crippen LogP contribution is -2.17. The first kappa shape index (κ1) is 19.0. The molecule has 0 atom stereocenters. The second kappa shape index (κ2) is 8.64. The Kier molecular flexibility index (Phi) is 6.30. The van der Waals surface area contributed by atoms with Crippen molar-refractivity contribution in [3.05, 3.63) is 62.1 Å². The van der Waals surface area contributed by atoms with Crippen LogP contribution in [0.1, 0.15) is 15.9 Å². The molecular weight excluding hydrogens is 406 g/mol. The van der Waals surface area contributed by atoms with Crippen LogP contribution in [0.2, 0.25) is 0 Å². The maximum absolute atomic E-state index is 12.1. The number of amides is 1. The van der Waals surface area contributed by atoms with Crippen LogP contribution in [0.4, 0.5) is 5.69 Å². The number of halogens is 1. The maximum Gasteiger partial charge on any atom is 0.275 e. The number of phenolic OH excluding ortho intramolecular Hbond substituents is 1. The van der Waals surface area contributed by atoms with Crippen molar-refractivity contribution < 1.29 is 19.6 Å². The van der Waals surface area contributed by atoms with Gasteiger partial charge < -0.3 is 9.84 Å². The minimum atomic E-state index is -0.656. The molecule has 0 bridgehead atoms. The Hall–Kier alpha value is -3.38. The number of hydrogen-bond donors (Lipinski definition) is 2. The smallest absolute Gasteiger partial charge is 0.275 e. The van der Waals surface area contributed by atoms with Gasteiger partial charge in [0.05, 0.1) is 16.7 Å². The fourth-order valence-electron chi connectivity index (χ4n) is 1.91. The quantitative estimate of drug-likeness (QED) is 0.324. The van der Waals surface area contributed by atoms with Crippen LogP contribution in [0.25, 0.3) is 0 Å². The summed E-state index contributed by atoms with van der Waals surface area (Å²) in [6.07, 6.45) is 6.32. The summed E-state index contributed by atoms with van der Waals surface area (Å²) in [6, 6.07) is 8.25. The van der Waals surface area contributed by atoms with E-state index in [1.165, 1.54) is 36.5 Å². The Labute approximate surface area is 156 Å². The SMILES string of the molecule is C#CCOc1ccc([N+](=O)[O-])cc1/C=N\NC(=O)c1cc(Br)ccc1O. The number of nitrogens with one attached hydrogen (secondary N) is 1. The summed E-state index contributed by atoms with van der Waals surface area (Å²) in [5, 5.41) is 24.4. The van der Waals surface area contributed by atoms with Crippen LogP contribution in [0.3, 0.4) is 0 Å². The van der Waals surface area contributed by atoms with E-state index in [0.29, 0.717) is 4.47 Å². The zero-order valence-electron chi connectivity index (χ0n) is 13.2. The third kappa shape index (κ3) is 4.81. The van der Waals surface area contributed by atoms with Crippen molar-refractivity contribution in [3.63, 3.8) is 0 Å². The molecule has 2 aromatic rings. The van der Waals surface area contributed by atoms with E-state index in [1.54, 1.807) is 6.07 Å². The fourth-order valence-corrected chi connectivity index (χ4v) is 2.27. The van der Waals surface area contributed by atoms with Gasteiger partial charge in [-0.3, -0.25) is 14.9 Å². The van der Waals surface area contributed by atoms with Crippen molar-refractivity contribution in [2.75, 3.05) is 6.61 Å². The predicted octanol–water partition coefficient (Wildman–Crippen LogP) is 2.84. The third-order valence-electron chi connectivity index (χ3n) is 3.09. The molecule has 0 radical (unpaired) electrons. The normalized spacial score (nSPS) is 10.3. The topological polar surface area (TPSA) is 114 Å². The second-order valence-corrected chi connectivity index (χ2v) is 5.75. The molecule has 0 aromatic heterocycles. The molecule has 2 aromatic carbocycles. The number of terminal acetylenes is 1. The van der Waals surface area contributed by atoms with E-state index in [0.717, 1.165) is 0 Å². The van der Waals surface area contributed by atoms with E-state index in [9.17, 15) is 20.0 Å². The number of nitro groups is 1. The van der Waals surface area contributed by atoms with Gasteiger partial charge in [-0.15, -0.1) is 6.42 Å². The summed E-state index contributed by atoms with van der Waals surface area (Å²) in [5.74, 6) is 1.69. The third-order valence-corrected chi connectivity index (χ3v) is 3.58. The summed E-state index contributed by atoms with van der Waals surface area (Å²) in [6.45, 7) is -0.0308. The van der Waals surface area contributed by atoms with Gasteiger partial charge in [-0.25, -0.2) is 5.43 Å². The van der Waals surface area contributed by atoms with Gasteiger partial charge >= 0.3 is 0 Å². The van der Waals surface area contributed by atoms with Crippen molar-refractivity contribution in [2.24, 2.45) is 5.10 Å². The van der Waals surface area contributed by atoms with Gasteiger partial charge in [0.2, 0.25) is 0 Å². The molecule has 0 aliphatic carbocycles. The molecule has 0 heterocycles. The lowest BCUT2D eigenvalue weighted by Gasteiger charge is -2.06. The van der Waals surface area contributed by atoms with Crippen LogP contribution >= 0.6 is 15.9 Å². The fraction of sp³-hybridized carbons (Fsp3) is 0.0588. The number of nitrogens with zero attached hydrogens (tertiary/aromatic N) is 2. The molecular formula is C17H12BrN3O5. The first-order valence-corrected chi connectivity index (χ1v) is 7.88. The lowest BCUT2D eigenvalue weighted by molar-refractivity contribution is -0.384. The molecule has 0 fully saturated rings. The summed E-state index contributed by atoms with van der Waals surface area (Å²) in [5.41, 5.74) is 2.33. The van der Waals surface area contributed by atoms with E-state index in [-0.39, 0.29) is 34.9 Å². The van der Waals surface area contributed by atoms with E-state index in [1.807, 2.05) is 0 Å². The molecule has 8 nitrogen and oxygen atoms in total. The number of carbonyl (C=O) groups is 1. The zero-order chi connectivity index (χ0) is 19.1. The molecule has 26 heavy (non-hydrogen) atoms. The summed E-state index contributed by atoms with van der Waals surface area (Å²) in [4.78, 5) is 22.4. The number of aromatic hydroxyl groups is 1. The summed E-state index contributed by atoms with van der Waals surface area (Å²) in [7, 11) is 0. The number of hydrazone groups is 1. The molecule has 0 aliphatic heterocycles. The average molecular weight is 418 g/mol. The monoisotopic (exact) mass is 417 g/mol. The molecule has 0 spiro atoms. The highest BCUT2D eigenvalue weighted by Crippen LogP contribution is 2.23. The van der Waals surface area contributed by atoms with Crippen LogP contribution in [-0.2, 0) is 0 Å². The highest BCUT2D eigenvalue weighted by molar-refractivity contribution is 9.10. The van der Waals surface area contributed by atoms with E-state index >= 15 is 0 Å². The number of ether oxygens (including phenoxy) is 1. The van der Waals surface area contributed by atoms with Gasteiger partial charge in [0, 0.05) is 22.2 Å². The molecule has 1 amide bonds. The van der Waals surface area contributed by atoms with Crippen LogP contribution in [0.15, 0.2) is 46.0 Å². The maximum atomic E-state index is 12.1. The van der Waals surface area contributed by atoms with Crippen molar-refractivity contribution >= 4 is 33.7 Å². The summed E-state index contributed by atoms with van der Waals surface area (Å²) >= 11 is 3.20. The standard InChI is InChI=1S/C17H12BrN3O5/c1-2-7-26-16-6-4-13(21(24)25)8-11(16)10-19-20-17(23)14-9-12(18)3-5-15(14)22/h1,3-6,8-10,22H,7H2,(H,20,23)/b19-10-. The largest absolute Gasteiger partial charge is 0.507 e. The summed E-state index contributed by atoms with van der Waals surface area (Å²) < 4.78 is 5.89. The number of rotatable bonds is 6. The highest BCUT2D eigenvalue weighted by Gasteiger charge is 2.12. The van der Waals surface area contributed by atoms with E-state index in [2.05, 4.69) is 32.4 Å². The lowest BCUT2D eigenvalue weighted by atomic mass is 10.2. The molecule has 0 unspecified atom stereocenters. The number of hydrogen-bond acceptors (Lipinski definition) is 6. The number of nitro benzene ring substituents is 1. The Morgan fingerprint density at radius 2 is 2.19 bits per heavy atom. The molecule has 0 saturated carbocycles. The van der Waals surface area contributed by atoms with Crippen molar-refractivity contribution in [2.45, 2.75) is 0 Å². The minimum absolute atomic E-state index is 0.0133. The van der Waals surface area contributed by atoms with E-state index < -0.39 is 10.8 Å². The molecule has 2 N–H and O–H groups in total. The van der Waals surface area contributed by atoms with Gasteiger partial charge in [-0.2, -0.15) is 5.10 Å². The van der Waals surface area contributed by atoms with Crippen LogP contribution in [0, 0.1) is 22.5 Å². The van der Waals surface area contributed by atoms with Crippen LogP contribution in [0.5, 0.6) is 11.5 Å². The molecule has 9 heteroatoms. The van der Waals surface area contributed by atoms with Crippen molar-refractivity contribution in [1.82, 2.24) is 5.43 Å². The van der Waals surface area contributed by atoms with Gasteiger partial charge in [-0.1, -0.05) is 21.9 Å². The number of phenols is 1. The average Bonchev–Trinajstić information content (AvgIpc) is 2.62. The van der Waals surface area contributed by atoms with Crippen molar-refractivity contribution in [3.8, 4) is 23.8 Å². The zero-order valence-corrected chi connectivity index (χ0v) is 14.8. The van der Waals surface area contributed by atoms with Crippen molar-refractivity contribution in [1.29, 1.82) is 0 Å². The van der Waals surface area contributed by atoms with Crippen LogP contribution < -0.4 is 10.2 Å². The first-order chi connectivity index (χ1) is 12.4. The van der Waals surface area contributed by atoms with Gasteiger partial charge in [-0.05, 0) is 24.3 Å². The molecule has 132 valence electrons. The van der Waals surface area contributed by atoms with Crippen LogP contribution in [-0.4, -0.2) is 28.8 Å². The van der Waals surface area contributed by atoms with Gasteiger partial charge in [0.25, 0.3) is 11.6 Å². The van der Waals surface area contributed by atoms with Gasteiger partial charge in [0.1, 0.15) is 18.1 Å². The highest BCUT2D eigenvalue weighted by atomic mass is 79.9. The Morgan fingerprint density at radius 1 is 1.42 bits per heavy atom. The first-order valence-electron chi connectivity index (χ1n) is 7.09.